The monoisotopic (exact) mass is 191 g/mol. The Kier molecular flexibility index (Phi) is 5.76. The Morgan fingerprint density at radius 2 is 1.83 bits per heavy atom. The molecular formula is C9H21NOS. The van der Waals surface area contributed by atoms with E-state index in [1.165, 1.54) is 0 Å². The quantitative estimate of drug-likeness (QED) is 0.716. The lowest BCUT2D eigenvalue weighted by Crippen LogP contribution is -2.14. The SMILES string of the molecule is CC(C)(C)CCS(=O)CCCN. The van der Waals surface area contributed by atoms with Crippen LogP contribution in [-0.2, 0) is 10.8 Å². The largest absolute Gasteiger partial charge is 0.330 e. The molecule has 2 N–H and O–H groups in total. The molecule has 1 atom stereocenters. The van der Waals surface area contributed by atoms with Gasteiger partial charge in [0.2, 0.25) is 0 Å². The summed E-state index contributed by atoms with van der Waals surface area (Å²) in [6.07, 6.45) is 1.92. The molecule has 0 fully saturated rings. The highest BCUT2D eigenvalue weighted by Gasteiger charge is 2.11. The maximum absolute atomic E-state index is 11.3. The molecule has 74 valence electrons. The number of rotatable bonds is 5. The maximum Gasteiger partial charge on any atom is 0.0246 e. The highest BCUT2D eigenvalue weighted by Crippen LogP contribution is 2.18. The Balaban J connectivity index is 3.44. The molecule has 1 unspecified atom stereocenters. The Labute approximate surface area is 78.4 Å². The van der Waals surface area contributed by atoms with E-state index >= 15 is 0 Å². The molecule has 0 rings (SSSR count). The van der Waals surface area contributed by atoms with E-state index in [0.29, 0.717) is 12.0 Å². The summed E-state index contributed by atoms with van der Waals surface area (Å²) in [7, 11) is -0.646. The number of hydrogen-bond donors (Lipinski definition) is 1. The van der Waals surface area contributed by atoms with Crippen LogP contribution in [0.2, 0.25) is 0 Å². The first kappa shape index (κ1) is 12.1. The van der Waals surface area contributed by atoms with Crippen LogP contribution in [0.3, 0.4) is 0 Å². The lowest BCUT2D eigenvalue weighted by molar-refractivity contribution is 0.400. The highest BCUT2D eigenvalue weighted by atomic mass is 32.2. The lowest BCUT2D eigenvalue weighted by Gasteiger charge is -2.17. The number of hydrogen-bond acceptors (Lipinski definition) is 2. The zero-order valence-corrected chi connectivity index (χ0v) is 9.25. The molecule has 0 aromatic carbocycles. The van der Waals surface area contributed by atoms with Crippen LogP contribution in [0.25, 0.3) is 0 Å². The van der Waals surface area contributed by atoms with Gasteiger partial charge >= 0.3 is 0 Å². The minimum absolute atomic E-state index is 0.304. The van der Waals surface area contributed by atoms with Crippen molar-refractivity contribution in [1.82, 2.24) is 0 Å². The van der Waals surface area contributed by atoms with Crippen molar-refractivity contribution in [2.24, 2.45) is 11.1 Å². The molecule has 0 saturated heterocycles. The van der Waals surface area contributed by atoms with E-state index < -0.39 is 10.8 Å². The molecule has 2 nitrogen and oxygen atoms in total. The molecule has 12 heavy (non-hydrogen) atoms. The fourth-order valence-corrected chi connectivity index (χ4v) is 2.30. The zero-order chi connectivity index (χ0) is 9.61. The van der Waals surface area contributed by atoms with Crippen molar-refractivity contribution < 1.29 is 4.21 Å². The van der Waals surface area contributed by atoms with E-state index in [4.69, 9.17) is 5.73 Å². The van der Waals surface area contributed by atoms with Gasteiger partial charge in [0, 0.05) is 22.3 Å². The third kappa shape index (κ3) is 8.21. The van der Waals surface area contributed by atoms with Crippen LogP contribution in [0.15, 0.2) is 0 Å². The van der Waals surface area contributed by atoms with Gasteiger partial charge in [0.15, 0.2) is 0 Å². The molecule has 0 aliphatic rings. The van der Waals surface area contributed by atoms with Crippen molar-refractivity contribution in [2.45, 2.75) is 33.6 Å². The van der Waals surface area contributed by atoms with Crippen LogP contribution < -0.4 is 5.73 Å². The molecule has 0 amide bonds. The molecule has 0 radical (unpaired) electrons. The smallest absolute Gasteiger partial charge is 0.0246 e. The van der Waals surface area contributed by atoms with Gasteiger partial charge in [-0.3, -0.25) is 4.21 Å². The second-order valence-electron chi connectivity index (χ2n) is 4.30. The third-order valence-electron chi connectivity index (χ3n) is 1.66. The second kappa shape index (κ2) is 5.70. The Bertz CT molecular complexity index is 140. The van der Waals surface area contributed by atoms with Gasteiger partial charge < -0.3 is 5.73 Å². The summed E-state index contributed by atoms with van der Waals surface area (Å²) in [6.45, 7) is 7.18. The van der Waals surface area contributed by atoms with Gasteiger partial charge in [-0.05, 0) is 24.8 Å². The summed E-state index contributed by atoms with van der Waals surface area (Å²) in [4.78, 5) is 0. The van der Waals surface area contributed by atoms with E-state index in [2.05, 4.69) is 20.8 Å². The van der Waals surface area contributed by atoms with Crippen molar-refractivity contribution in [3.8, 4) is 0 Å². The molecule has 3 heteroatoms. The van der Waals surface area contributed by atoms with Crippen LogP contribution in [-0.4, -0.2) is 22.3 Å². The van der Waals surface area contributed by atoms with Crippen molar-refractivity contribution >= 4 is 10.8 Å². The van der Waals surface area contributed by atoms with Crippen LogP contribution >= 0.6 is 0 Å². The van der Waals surface area contributed by atoms with E-state index in [1.54, 1.807) is 0 Å². The predicted octanol–water partition coefficient (Wildman–Crippen LogP) is 1.52. The highest BCUT2D eigenvalue weighted by molar-refractivity contribution is 7.84. The molecule has 0 bridgehead atoms. The fraction of sp³-hybridized carbons (Fsp3) is 1.00. The molecule has 0 aliphatic heterocycles. The van der Waals surface area contributed by atoms with Crippen LogP contribution in [0.5, 0.6) is 0 Å². The van der Waals surface area contributed by atoms with Crippen molar-refractivity contribution in [2.75, 3.05) is 18.1 Å². The molecule has 0 saturated carbocycles. The molecule has 0 aliphatic carbocycles. The van der Waals surface area contributed by atoms with Crippen LogP contribution in [0.1, 0.15) is 33.6 Å². The molecule has 0 heterocycles. The normalized spacial score (nSPS) is 14.7. The number of nitrogens with two attached hydrogens (primary N) is 1. The summed E-state index contributed by atoms with van der Waals surface area (Å²) >= 11 is 0. The van der Waals surface area contributed by atoms with Crippen molar-refractivity contribution in [3.05, 3.63) is 0 Å². The Morgan fingerprint density at radius 3 is 2.25 bits per heavy atom. The molecule has 0 aromatic rings. The van der Waals surface area contributed by atoms with E-state index in [0.717, 1.165) is 24.3 Å². The summed E-state index contributed by atoms with van der Waals surface area (Å²) in [5, 5.41) is 0. The maximum atomic E-state index is 11.3. The Morgan fingerprint density at radius 1 is 1.25 bits per heavy atom. The predicted molar refractivity (Wildman–Crippen MR) is 55.6 cm³/mol. The summed E-state index contributed by atoms with van der Waals surface area (Å²) < 4.78 is 11.3. The van der Waals surface area contributed by atoms with Gasteiger partial charge in [0.05, 0.1) is 0 Å². The average Bonchev–Trinajstić information content (AvgIpc) is 1.95. The summed E-state index contributed by atoms with van der Waals surface area (Å²) in [5.41, 5.74) is 5.63. The zero-order valence-electron chi connectivity index (χ0n) is 8.43. The first-order valence-corrected chi connectivity index (χ1v) is 5.99. The van der Waals surface area contributed by atoms with Gasteiger partial charge in [0.1, 0.15) is 0 Å². The first-order chi connectivity index (χ1) is 5.45. The van der Waals surface area contributed by atoms with Gasteiger partial charge in [0.25, 0.3) is 0 Å². The molecule has 0 aromatic heterocycles. The molecule has 0 spiro atoms. The van der Waals surface area contributed by atoms with E-state index in [-0.39, 0.29) is 0 Å². The van der Waals surface area contributed by atoms with E-state index in [9.17, 15) is 4.21 Å². The fourth-order valence-electron chi connectivity index (χ4n) is 0.766. The minimum Gasteiger partial charge on any atom is -0.330 e. The van der Waals surface area contributed by atoms with Gasteiger partial charge in [-0.15, -0.1) is 0 Å². The summed E-state index contributed by atoms with van der Waals surface area (Å²) in [6, 6.07) is 0. The minimum atomic E-state index is -0.646. The van der Waals surface area contributed by atoms with Crippen molar-refractivity contribution in [1.29, 1.82) is 0 Å². The summed E-state index contributed by atoms with van der Waals surface area (Å²) in [5.74, 6) is 1.59. The third-order valence-corrected chi connectivity index (χ3v) is 3.06. The Hall–Kier alpha value is 0.110. The first-order valence-electron chi connectivity index (χ1n) is 4.51. The van der Waals surface area contributed by atoms with Crippen molar-refractivity contribution in [3.63, 3.8) is 0 Å². The van der Waals surface area contributed by atoms with Crippen LogP contribution in [0, 0.1) is 5.41 Å². The van der Waals surface area contributed by atoms with Gasteiger partial charge in [-0.1, -0.05) is 20.8 Å². The van der Waals surface area contributed by atoms with Crippen LogP contribution in [0.4, 0.5) is 0 Å². The standard InChI is InChI=1S/C9H21NOS/c1-9(2,3)5-8-12(11)7-4-6-10/h4-8,10H2,1-3H3. The topological polar surface area (TPSA) is 43.1 Å². The molecular weight excluding hydrogens is 170 g/mol. The second-order valence-corrected chi connectivity index (χ2v) is 6.00. The average molecular weight is 191 g/mol. The van der Waals surface area contributed by atoms with Gasteiger partial charge in [-0.2, -0.15) is 0 Å². The van der Waals surface area contributed by atoms with E-state index in [1.807, 2.05) is 0 Å². The van der Waals surface area contributed by atoms with Gasteiger partial charge in [-0.25, -0.2) is 0 Å². The lowest BCUT2D eigenvalue weighted by atomic mass is 9.94.